The van der Waals surface area contributed by atoms with Gasteiger partial charge in [0.2, 0.25) is 0 Å². The summed E-state index contributed by atoms with van der Waals surface area (Å²) in [6, 6.07) is 21.4. The van der Waals surface area contributed by atoms with Crippen molar-refractivity contribution in [2.75, 3.05) is 0 Å². The van der Waals surface area contributed by atoms with Gasteiger partial charge < -0.3 is 10.8 Å². The smallest absolute Gasteiger partial charge is 0.307 e. The van der Waals surface area contributed by atoms with Gasteiger partial charge in [0.05, 0.1) is 12.0 Å². The minimum absolute atomic E-state index is 0.239. The van der Waals surface area contributed by atoms with Crippen molar-refractivity contribution in [3.63, 3.8) is 0 Å². The van der Waals surface area contributed by atoms with E-state index in [2.05, 4.69) is 16.0 Å². The van der Waals surface area contributed by atoms with Crippen molar-refractivity contribution in [1.82, 2.24) is 9.97 Å². The van der Waals surface area contributed by atoms with Gasteiger partial charge in [0, 0.05) is 35.9 Å². The van der Waals surface area contributed by atoms with Gasteiger partial charge in [-0.1, -0.05) is 42.5 Å². The number of aromatic nitrogens is 2. The molecule has 3 heterocycles. The zero-order chi connectivity index (χ0) is 23.7. The quantitative estimate of drug-likeness (QED) is 0.483. The van der Waals surface area contributed by atoms with E-state index in [4.69, 9.17) is 10.7 Å². The summed E-state index contributed by atoms with van der Waals surface area (Å²) in [5.74, 6) is -0.576. The van der Waals surface area contributed by atoms with E-state index in [1.807, 2.05) is 60.7 Å². The van der Waals surface area contributed by atoms with Crippen LogP contribution in [0.1, 0.15) is 33.4 Å². The number of rotatable bonds is 5. The van der Waals surface area contributed by atoms with Crippen LogP contribution in [0.15, 0.2) is 90.4 Å². The number of hydrogen-bond donors (Lipinski definition) is 2. The highest BCUT2D eigenvalue weighted by atomic mass is 16.4. The number of fused-ring (bicyclic) bond motifs is 1. The molecule has 0 spiro atoms. The number of carboxylic acid groups (broad SMARTS) is 1. The van der Waals surface area contributed by atoms with Crippen LogP contribution in [-0.4, -0.2) is 26.9 Å². The van der Waals surface area contributed by atoms with Gasteiger partial charge in [-0.15, -0.1) is 0 Å². The average molecular weight is 445 g/mol. The van der Waals surface area contributed by atoms with Gasteiger partial charge in [-0.25, -0.2) is 4.99 Å². The highest BCUT2D eigenvalue weighted by molar-refractivity contribution is 6.03. The molecule has 34 heavy (non-hydrogen) atoms. The van der Waals surface area contributed by atoms with Crippen LogP contribution in [0.25, 0.3) is 11.1 Å². The predicted molar refractivity (Wildman–Crippen MR) is 127 cm³/mol. The number of amidine groups is 1. The number of nitrogens with two attached hydrogens (primary N) is 1. The second kappa shape index (κ2) is 8.26. The number of nitrogens with zero attached hydrogens (tertiary/aromatic N) is 4. The number of pyridine rings is 2. The highest BCUT2D eigenvalue weighted by Crippen LogP contribution is 2.46. The fraction of sp³-hybridized carbons (Fsp3) is 0.0741. The molecule has 0 saturated carbocycles. The molecule has 4 aromatic rings. The number of nitriles is 1. The SMILES string of the molecule is N#Cc1cncc(-c2cccc(C3(c4ccncc4)N=C(N)c4ccccc43)c2)c1CC(=O)O. The molecule has 7 heteroatoms. The molecule has 164 valence electrons. The Morgan fingerprint density at radius 2 is 1.76 bits per heavy atom. The number of aliphatic carboxylic acids is 1. The third-order valence-corrected chi connectivity index (χ3v) is 6.08. The van der Waals surface area contributed by atoms with Gasteiger partial charge in [-0.3, -0.25) is 14.8 Å². The van der Waals surface area contributed by atoms with Crippen molar-refractivity contribution >= 4 is 11.8 Å². The van der Waals surface area contributed by atoms with Crippen LogP contribution in [0.4, 0.5) is 0 Å². The Morgan fingerprint density at radius 3 is 2.53 bits per heavy atom. The summed E-state index contributed by atoms with van der Waals surface area (Å²) in [4.78, 5) is 24.9. The molecule has 1 atom stereocenters. The van der Waals surface area contributed by atoms with Crippen LogP contribution in [0.2, 0.25) is 0 Å². The lowest BCUT2D eigenvalue weighted by Gasteiger charge is -2.29. The lowest BCUT2D eigenvalue weighted by molar-refractivity contribution is -0.136. The van der Waals surface area contributed by atoms with Crippen molar-refractivity contribution in [2.24, 2.45) is 10.7 Å². The maximum atomic E-state index is 11.5. The van der Waals surface area contributed by atoms with Crippen LogP contribution >= 0.6 is 0 Å². The van der Waals surface area contributed by atoms with E-state index in [0.29, 0.717) is 17.0 Å². The van der Waals surface area contributed by atoms with Crippen LogP contribution in [0, 0.1) is 11.3 Å². The van der Waals surface area contributed by atoms with Crippen molar-refractivity contribution in [2.45, 2.75) is 12.0 Å². The molecule has 0 fully saturated rings. The predicted octanol–water partition coefficient (Wildman–Crippen LogP) is 3.65. The van der Waals surface area contributed by atoms with Crippen molar-refractivity contribution < 1.29 is 9.90 Å². The second-order valence-corrected chi connectivity index (χ2v) is 7.97. The number of carbonyl (C=O) groups is 1. The van der Waals surface area contributed by atoms with Crippen molar-refractivity contribution in [3.8, 4) is 17.2 Å². The van der Waals surface area contributed by atoms with Crippen LogP contribution < -0.4 is 5.73 Å². The molecule has 0 saturated heterocycles. The largest absolute Gasteiger partial charge is 0.481 e. The Hall–Kier alpha value is -4.83. The van der Waals surface area contributed by atoms with Gasteiger partial charge >= 0.3 is 5.97 Å². The van der Waals surface area contributed by atoms with Gasteiger partial charge in [0.1, 0.15) is 17.4 Å². The monoisotopic (exact) mass is 445 g/mol. The Balaban J connectivity index is 1.77. The fourth-order valence-corrected chi connectivity index (χ4v) is 4.61. The van der Waals surface area contributed by atoms with Crippen LogP contribution in [0.5, 0.6) is 0 Å². The Labute approximate surface area is 195 Å². The molecule has 1 aliphatic heterocycles. The van der Waals surface area contributed by atoms with Gasteiger partial charge in [-0.2, -0.15) is 5.26 Å². The van der Waals surface area contributed by atoms with E-state index in [0.717, 1.165) is 27.8 Å². The summed E-state index contributed by atoms with van der Waals surface area (Å²) in [5.41, 5.74) is 11.1. The zero-order valence-corrected chi connectivity index (χ0v) is 18.0. The number of benzene rings is 2. The Bertz CT molecular complexity index is 1490. The molecule has 0 bridgehead atoms. The molecule has 7 nitrogen and oxygen atoms in total. The molecule has 5 rings (SSSR count). The molecular weight excluding hydrogens is 426 g/mol. The third kappa shape index (κ3) is 3.29. The minimum atomic E-state index is -1.02. The molecule has 0 aliphatic carbocycles. The maximum absolute atomic E-state index is 11.5. The van der Waals surface area contributed by atoms with Crippen LogP contribution in [-0.2, 0) is 16.8 Å². The van der Waals surface area contributed by atoms with E-state index in [9.17, 15) is 15.2 Å². The summed E-state index contributed by atoms with van der Waals surface area (Å²) in [6.45, 7) is 0. The number of hydrogen-bond acceptors (Lipinski definition) is 6. The van der Waals surface area contributed by atoms with Gasteiger partial charge in [0.15, 0.2) is 0 Å². The lowest BCUT2D eigenvalue weighted by Crippen LogP contribution is -2.25. The highest BCUT2D eigenvalue weighted by Gasteiger charge is 2.42. The third-order valence-electron chi connectivity index (χ3n) is 6.08. The second-order valence-electron chi connectivity index (χ2n) is 7.97. The van der Waals surface area contributed by atoms with E-state index in [-0.39, 0.29) is 12.0 Å². The van der Waals surface area contributed by atoms with Crippen LogP contribution in [0.3, 0.4) is 0 Å². The maximum Gasteiger partial charge on any atom is 0.307 e. The van der Waals surface area contributed by atoms with Gasteiger partial charge in [0.25, 0.3) is 0 Å². The molecular formula is C27H19N5O2. The summed E-state index contributed by atoms with van der Waals surface area (Å²) >= 11 is 0. The molecule has 3 N–H and O–H groups in total. The molecule has 2 aromatic heterocycles. The first-order valence-corrected chi connectivity index (χ1v) is 10.6. The lowest BCUT2D eigenvalue weighted by atomic mass is 9.77. The molecule has 0 amide bonds. The summed E-state index contributed by atoms with van der Waals surface area (Å²) < 4.78 is 0. The Kier molecular flexibility index (Phi) is 5.11. The first-order chi connectivity index (χ1) is 16.5. The van der Waals surface area contributed by atoms with Crippen molar-refractivity contribution in [1.29, 1.82) is 5.26 Å². The van der Waals surface area contributed by atoms with Gasteiger partial charge in [-0.05, 0) is 46.0 Å². The van der Waals surface area contributed by atoms with E-state index in [1.165, 1.54) is 6.20 Å². The first-order valence-electron chi connectivity index (χ1n) is 10.6. The normalized spacial score (nSPS) is 16.4. The summed E-state index contributed by atoms with van der Waals surface area (Å²) in [6.07, 6.45) is 6.14. The molecule has 1 aliphatic rings. The minimum Gasteiger partial charge on any atom is -0.481 e. The summed E-state index contributed by atoms with van der Waals surface area (Å²) in [7, 11) is 0. The summed E-state index contributed by atoms with van der Waals surface area (Å²) in [5, 5.41) is 19.0. The number of aliphatic imine (C=N–C) groups is 1. The van der Waals surface area contributed by atoms with E-state index >= 15 is 0 Å². The van der Waals surface area contributed by atoms with E-state index in [1.54, 1.807) is 18.6 Å². The number of carboxylic acids is 1. The topological polar surface area (TPSA) is 125 Å². The average Bonchev–Trinajstić information content (AvgIpc) is 3.18. The standard InChI is InChI=1S/C27H19N5O2/c28-14-18-15-31-16-23(22(18)13-25(33)34)17-4-3-5-20(12-17)27(19-8-10-30-11-9-19)24-7-2-1-6-21(24)26(29)32-27/h1-12,15-16H,13H2,(H2,29,32)(H,33,34). The van der Waals surface area contributed by atoms with Crippen molar-refractivity contribution in [3.05, 3.63) is 119 Å². The first kappa shape index (κ1) is 21.0. The molecule has 1 unspecified atom stereocenters. The molecule has 0 radical (unpaired) electrons. The fourth-order valence-electron chi connectivity index (χ4n) is 4.61. The van der Waals surface area contributed by atoms with E-state index < -0.39 is 11.5 Å². The zero-order valence-electron chi connectivity index (χ0n) is 18.0. The Morgan fingerprint density at radius 1 is 0.971 bits per heavy atom. The molecule has 2 aromatic carbocycles.